The predicted octanol–water partition coefficient (Wildman–Crippen LogP) is 17.8. The molecule has 1 fully saturated rings. The van der Waals surface area contributed by atoms with Crippen molar-refractivity contribution in [3.05, 3.63) is 60.8 Å². The Morgan fingerprint density at radius 3 is 1.15 bits per heavy atom. The Balaban J connectivity index is 2.19. The van der Waals surface area contributed by atoms with Crippen LogP contribution in [0.1, 0.15) is 316 Å². The minimum atomic E-state index is -1.58. The summed E-state index contributed by atoms with van der Waals surface area (Å²) in [5, 5.41) is 54.7. The summed E-state index contributed by atoms with van der Waals surface area (Å²) in [6.07, 6.45) is 73.2. The molecule has 78 heavy (non-hydrogen) atoms. The van der Waals surface area contributed by atoms with E-state index in [1.807, 2.05) is 6.08 Å². The quantitative estimate of drug-likeness (QED) is 0.0261. The Bertz CT molecular complexity index is 1410. The minimum absolute atomic E-state index is 0.191. The van der Waals surface area contributed by atoms with Gasteiger partial charge >= 0.3 is 0 Å². The molecule has 0 spiro atoms. The molecule has 0 radical (unpaired) electrons. The van der Waals surface area contributed by atoms with Crippen LogP contribution in [-0.4, -0.2) is 87.5 Å². The Hall–Kier alpha value is -2.11. The molecule has 7 unspecified atom stereocenters. The molecule has 9 heteroatoms. The van der Waals surface area contributed by atoms with Crippen molar-refractivity contribution in [1.29, 1.82) is 0 Å². The van der Waals surface area contributed by atoms with Gasteiger partial charge in [-0.1, -0.05) is 293 Å². The average molecular weight is 1100 g/mol. The SMILES string of the molecule is CCCCCCC/C=C\C/C=C\CCCCCCCCCCCCCC(=O)NC(COC1OC(CO)C(O)C(O)C1O)C(O)/C=C/CC/C=C/CC/C=C/CCCCCCCCCCCCCCCCCCCCCCCC. The van der Waals surface area contributed by atoms with Crippen LogP contribution in [0.4, 0.5) is 0 Å². The second-order valence-corrected chi connectivity index (χ2v) is 23.2. The van der Waals surface area contributed by atoms with E-state index in [4.69, 9.17) is 9.47 Å². The number of hydrogen-bond acceptors (Lipinski definition) is 8. The van der Waals surface area contributed by atoms with Crippen molar-refractivity contribution in [3.8, 4) is 0 Å². The molecule has 1 aliphatic heterocycles. The Morgan fingerprint density at radius 2 is 0.769 bits per heavy atom. The summed E-state index contributed by atoms with van der Waals surface area (Å²) >= 11 is 0. The highest BCUT2D eigenvalue weighted by molar-refractivity contribution is 5.76. The summed E-state index contributed by atoms with van der Waals surface area (Å²) < 4.78 is 11.3. The topological polar surface area (TPSA) is 149 Å². The van der Waals surface area contributed by atoms with Gasteiger partial charge in [-0.05, 0) is 77.0 Å². The molecule has 1 amide bonds. The molecule has 0 bridgehead atoms. The first-order valence-corrected chi connectivity index (χ1v) is 33.5. The van der Waals surface area contributed by atoms with E-state index in [0.717, 1.165) is 51.4 Å². The van der Waals surface area contributed by atoms with Gasteiger partial charge in [0.2, 0.25) is 5.91 Å². The van der Waals surface area contributed by atoms with Gasteiger partial charge in [0.15, 0.2) is 6.29 Å². The van der Waals surface area contributed by atoms with Crippen LogP contribution in [0.2, 0.25) is 0 Å². The lowest BCUT2D eigenvalue weighted by atomic mass is 9.99. The van der Waals surface area contributed by atoms with E-state index in [-0.39, 0.29) is 12.5 Å². The zero-order valence-corrected chi connectivity index (χ0v) is 50.9. The van der Waals surface area contributed by atoms with Crippen LogP contribution in [0.25, 0.3) is 0 Å². The van der Waals surface area contributed by atoms with Crippen molar-refractivity contribution >= 4 is 5.91 Å². The molecule has 9 nitrogen and oxygen atoms in total. The molecular formula is C69H127NO8. The molecular weight excluding hydrogens is 971 g/mol. The third-order valence-electron chi connectivity index (χ3n) is 15.8. The molecule has 456 valence electrons. The van der Waals surface area contributed by atoms with Crippen molar-refractivity contribution < 1.29 is 39.8 Å². The minimum Gasteiger partial charge on any atom is -0.394 e. The number of aliphatic hydroxyl groups excluding tert-OH is 5. The molecule has 0 aliphatic carbocycles. The smallest absolute Gasteiger partial charge is 0.220 e. The first-order valence-electron chi connectivity index (χ1n) is 33.5. The number of rotatable bonds is 58. The number of nitrogens with one attached hydrogen (secondary N) is 1. The van der Waals surface area contributed by atoms with Crippen molar-refractivity contribution in [2.75, 3.05) is 13.2 Å². The highest BCUT2D eigenvalue weighted by Crippen LogP contribution is 2.23. The summed E-state index contributed by atoms with van der Waals surface area (Å²) in [7, 11) is 0. The number of carbonyl (C=O) groups is 1. The molecule has 0 aromatic carbocycles. The van der Waals surface area contributed by atoms with Gasteiger partial charge in [-0.15, -0.1) is 0 Å². The fourth-order valence-electron chi connectivity index (χ4n) is 10.5. The molecule has 1 aliphatic rings. The van der Waals surface area contributed by atoms with Gasteiger partial charge < -0.3 is 40.3 Å². The fraction of sp³-hybridized carbons (Fsp3) is 0.841. The van der Waals surface area contributed by atoms with E-state index in [2.05, 4.69) is 67.8 Å². The van der Waals surface area contributed by atoms with E-state index >= 15 is 0 Å². The zero-order valence-electron chi connectivity index (χ0n) is 50.9. The summed E-state index contributed by atoms with van der Waals surface area (Å²) in [5.74, 6) is -0.191. The third kappa shape index (κ3) is 46.5. The lowest BCUT2D eigenvalue weighted by molar-refractivity contribution is -0.302. The maximum Gasteiger partial charge on any atom is 0.220 e. The molecule has 0 aromatic heterocycles. The second-order valence-electron chi connectivity index (χ2n) is 23.2. The van der Waals surface area contributed by atoms with E-state index in [0.29, 0.717) is 6.42 Å². The summed E-state index contributed by atoms with van der Waals surface area (Å²) in [4.78, 5) is 13.1. The van der Waals surface area contributed by atoms with Gasteiger partial charge in [0.25, 0.3) is 0 Å². The van der Waals surface area contributed by atoms with E-state index in [9.17, 15) is 30.3 Å². The molecule has 1 rings (SSSR count). The third-order valence-corrected chi connectivity index (χ3v) is 15.8. The van der Waals surface area contributed by atoms with Crippen LogP contribution in [0.5, 0.6) is 0 Å². The van der Waals surface area contributed by atoms with Gasteiger partial charge in [-0.2, -0.15) is 0 Å². The number of carbonyl (C=O) groups excluding carboxylic acids is 1. The lowest BCUT2D eigenvalue weighted by Gasteiger charge is -2.40. The Morgan fingerprint density at radius 1 is 0.436 bits per heavy atom. The monoisotopic (exact) mass is 1100 g/mol. The maximum absolute atomic E-state index is 13.1. The van der Waals surface area contributed by atoms with Gasteiger partial charge in [0.1, 0.15) is 24.4 Å². The van der Waals surface area contributed by atoms with Crippen molar-refractivity contribution in [3.63, 3.8) is 0 Å². The highest BCUT2D eigenvalue weighted by Gasteiger charge is 2.44. The van der Waals surface area contributed by atoms with Crippen molar-refractivity contribution in [2.24, 2.45) is 0 Å². The summed E-state index contributed by atoms with van der Waals surface area (Å²) in [5.41, 5.74) is 0. The number of amides is 1. The van der Waals surface area contributed by atoms with Gasteiger partial charge in [0, 0.05) is 6.42 Å². The maximum atomic E-state index is 13.1. The summed E-state index contributed by atoms with van der Waals surface area (Å²) in [6, 6.07) is -0.833. The van der Waals surface area contributed by atoms with Gasteiger partial charge in [-0.25, -0.2) is 0 Å². The molecule has 0 aromatic rings. The Kier molecular flexibility index (Phi) is 55.0. The molecule has 1 heterocycles. The van der Waals surface area contributed by atoms with Crippen LogP contribution < -0.4 is 5.32 Å². The molecule has 1 saturated heterocycles. The average Bonchev–Trinajstić information content (AvgIpc) is 3.45. The van der Waals surface area contributed by atoms with E-state index < -0.39 is 49.5 Å². The van der Waals surface area contributed by atoms with Crippen molar-refractivity contribution in [1.82, 2.24) is 5.32 Å². The largest absolute Gasteiger partial charge is 0.394 e. The Labute approximate surface area is 481 Å². The van der Waals surface area contributed by atoms with Crippen LogP contribution in [0.3, 0.4) is 0 Å². The zero-order chi connectivity index (χ0) is 56.5. The van der Waals surface area contributed by atoms with Crippen molar-refractivity contribution in [2.45, 2.75) is 358 Å². The number of allylic oxidation sites excluding steroid dienone is 9. The number of unbranched alkanes of at least 4 members (excludes halogenated alkanes) is 40. The van der Waals surface area contributed by atoms with Gasteiger partial charge in [0.05, 0.1) is 25.4 Å². The predicted molar refractivity (Wildman–Crippen MR) is 332 cm³/mol. The first-order chi connectivity index (χ1) is 38.3. The number of ether oxygens (including phenoxy) is 2. The van der Waals surface area contributed by atoms with E-state index in [1.54, 1.807) is 6.08 Å². The standard InChI is InChI=1S/C69H127NO8/c1-3-5-7-9-11-13-15-17-19-21-23-25-27-28-29-30-31-32-33-34-35-37-38-40-42-44-46-48-50-52-54-56-58-63(72)62(61-77-69-68(76)67(75)66(74)64(60-71)78-69)70-65(73)59-57-55-53-51-49-47-45-43-41-39-36-26-24-22-20-18-16-14-12-10-8-6-4-2/h16,18,22,24,40,42,48,50,56,58,62-64,66-69,71-72,74-76H,3-15,17,19-21,23,25-39,41,43-47,49,51-55,57,59-61H2,1-2H3,(H,70,73)/b18-16-,24-22-,42-40+,50-48+,58-56+. The summed E-state index contributed by atoms with van der Waals surface area (Å²) in [6.45, 7) is 3.78. The van der Waals surface area contributed by atoms with Crippen LogP contribution in [-0.2, 0) is 14.3 Å². The first kappa shape index (κ1) is 73.9. The second kappa shape index (κ2) is 58.1. The van der Waals surface area contributed by atoms with Crippen LogP contribution >= 0.6 is 0 Å². The van der Waals surface area contributed by atoms with Crippen LogP contribution in [0, 0.1) is 0 Å². The number of hydrogen-bond donors (Lipinski definition) is 6. The fourth-order valence-corrected chi connectivity index (χ4v) is 10.5. The molecule has 6 N–H and O–H groups in total. The molecule has 0 saturated carbocycles. The van der Waals surface area contributed by atoms with E-state index in [1.165, 1.54) is 244 Å². The molecule has 7 atom stereocenters. The normalized spacial score (nSPS) is 19.0. The van der Waals surface area contributed by atoms with Gasteiger partial charge in [-0.3, -0.25) is 4.79 Å². The number of aliphatic hydroxyl groups is 5. The highest BCUT2D eigenvalue weighted by atomic mass is 16.7. The lowest BCUT2D eigenvalue weighted by Crippen LogP contribution is -2.60. The van der Waals surface area contributed by atoms with Crippen LogP contribution in [0.15, 0.2) is 60.8 Å².